The van der Waals surface area contributed by atoms with Gasteiger partial charge in [-0.2, -0.15) is 0 Å². The van der Waals surface area contributed by atoms with Crippen LogP contribution in [0.15, 0.2) is 28.0 Å². The van der Waals surface area contributed by atoms with Crippen LogP contribution >= 0.6 is 0 Å². The molecular weight excluding hydrogens is 310 g/mol. The number of anilines is 1. The van der Waals surface area contributed by atoms with Crippen LogP contribution in [-0.2, 0) is 19.7 Å². The van der Waals surface area contributed by atoms with Crippen molar-refractivity contribution in [2.24, 2.45) is 5.92 Å². The predicted octanol–water partition coefficient (Wildman–Crippen LogP) is 2.34. The van der Waals surface area contributed by atoms with E-state index < -0.39 is 19.7 Å². The molecule has 1 N–H and O–H groups in total. The van der Waals surface area contributed by atoms with Gasteiger partial charge in [0.1, 0.15) is 0 Å². The van der Waals surface area contributed by atoms with Gasteiger partial charge in [-0.1, -0.05) is 20.3 Å². The molecule has 0 amide bonds. The fourth-order valence-corrected chi connectivity index (χ4v) is 3.49. The fraction of sp³-hybridized carbons (Fsp3) is 0.571. The summed E-state index contributed by atoms with van der Waals surface area (Å²) in [5, 5.41) is 3.17. The lowest BCUT2D eigenvalue weighted by atomic mass is 10.0. The molecule has 1 aromatic rings. The molecule has 21 heavy (non-hydrogen) atoms. The van der Waals surface area contributed by atoms with Gasteiger partial charge in [0.2, 0.25) is 0 Å². The van der Waals surface area contributed by atoms with Crippen LogP contribution < -0.4 is 5.32 Å². The molecule has 0 heterocycles. The van der Waals surface area contributed by atoms with Crippen molar-refractivity contribution >= 4 is 25.4 Å². The van der Waals surface area contributed by atoms with Gasteiger partial charge in [-0.15, -0.1) is 0 Å². The Hall–Kier alpha value is -1.08. The average molecular weight is 333 g/mol. The Bertz CT molecular complexity index is 708. The lowest BCUT2D eigenvalue weighted by Crippen LogP contribution is -2.24. The van der Waals surface area contributed by atoms with E-state index in [-0.39, 0.29) is 15.8 Å². The second kappa shape index (κ2) is 6.36. The summed E-state index contributed by atoms with van der Waals surface area (Å²) in [6.45, 7) is 6.11. The first kappa shape index (κ1) is 18.0. The van der Waals surface area contributed by atoms with Gasteiger partial charge in [-0.25, -0.2) is 16.8 Å². The predicted molar refractivity (Wildman–Crippen MR) is 85.2 cm³/mol. The maximum atomic E-state index is 11.9. The van der Waals surface area contributed by atoms with E-state index in [1.807, 2.05) is 6.92 Å². The number of hydrogen-bond acceptors (Lipinski definition) is 5. The van der Waals surface area contributed by atoms with Crippen molar-refractivity contribution in [3.05, 3.63) is 18.2 Å². The number of rotatable bonds is 6. The molecule has 7 heteroatoms. The van der Waals surface area contributed by atoms with Crippen LogP contribution in [0.3, 0.4) is 0 Å². The minimum absolute atomic E-state index is 0.00432. The van der Waals surface area contributed by atoms with Crippen LogP contribution in [0, 0.1) is 5.92 Å². The second-order valence-corrected chi connectivity index (χ2v) is 9.52. The Morgan fingerprint density at radius 2 is 1.62 bits per heavy atom. The summed E-state index contributed by atoms with van der Waals surface area (Å²) in [4.78, 5) is 0.0187. The first-order chi connectivity index (χ1) is 9.46. The zero-order valence-corrected chi connectivity index (χ0v) is 14.7. The molecule has 0 radical (unpaired) electrons. The van der Waals surface area contributed by atoms with Gasteiger partial charge in [0.15, 0.2) is 19.7 Å². The molecule has 1 aromatic carbocycles. The van der Waals surface area contributed by atoms with Crippen molar-refractivity contribution in [1.29, 1.82) is 0 Å². The van der Waals surface area contributed by atoms with E-state index >= 15 is 0 Å². The monoisotopic (exact) mass is 333 g/mol. The summed E-state index contributed by atoms with van der Waals surface area (Å²) >= 11 is 0. The minimum atomic E-state index is -3.52. The minimum Gasteiger partial charge on any atom is -0.381 e. The normalized spacial score (nSPS) is 15.5. The Labute approximate surface area is 127 Å². The Kier molecular flexibility index (Phi) is 5.44. The number of benzene rings is 1. The third-order valence-electron chi connectivity index (χ3n) is 3.66. The molecule has 0 fully saturated rings. The summed E-state index contributed by atoms with van der Waals surface area (Å²) in [6, 6.07) is 4.25. The van der Waals surface area contributed by atoms with E-state index in [0.29, 0.717) is 11.6 Å². The first-order valence-electron chi connectivity index (χ1n) is 6.77. The third kappa shape index (κ3) is 4.71. The Morgan fingerprint density at radius 3 is 2.05 bits per heavy atom. The Morgan fingerprint density at radius 1 is 1.05 bits per heavy atom. The number of sulfone groups is 2. The smallest absolute Gasteiger partial charge is 0.177 e. The highest BCUT2D eigenvalue weighted by atomic mass is 32.2. The molecule has 120 valence electrons. The molecular formula is C14H23NO4S2. The lowest BCUT2D eigenvalue weighted by Gasteiger charge is -2.22. The van der Waals surface area contributed by atoms with Crippen LogP contribution in [0.4, 0.5) is 5.69 Å². The highest BCUT2D eigenvalue weighted by Gasteiger charge is 2.20. The highest BCUT2D eigenvalue weighted by molar-refractivity contribution is 7.91. The molecule has 2 unspecified atom stereocenters. The Balaban J connectivity index is 3.34. The van der Waals surface area contributed by atoms with Crippen molar-refractivity contribution in [1.82, 2.24) is 0 Å². The number of nitrogens with one attached hydrogen (secondary N) is 1. The van der Waals surface area contributed by atoms with Gasteiger partial charge in [0, 0.05) is 18.6 Å². The SMILES string of the molecule is CCC(C)C(C)Nc1ccc(S(C)(=O)=O)cc1S(C)(=O)=O. The third-order valence-corrected chi connectivity index (χ3v) is 5.91. The van der Waals surface area contributed by atoms with Gasteiger partial charge in [-0.3, -0.25) is 0 Å². The first-order valence-corrected chi connectivity index (χ1v) is 10.6. The molecule has 0 saturated carbocycles. The fourth-order valence-electron chi connectivity index (χ4n) is 1.90. The summed E-state index contributed by atoms with van der Waals surface area (Å²) < 4.78 is 47.0. The molecule has 2 atom stereocenters. The zero-order chi connectivity index (χ0) is 16.4. The van der Waals surface area contributed by atoms with E-state index in [2.05, 4.69) is 19.2 Å². The zero-order valence-electron chi connectivity index (χ0n) is 13.0. The van der Waals surface area contributed by atoms with Crippen molar-refractivity contribution in [3.63, 3.8) is 0 Å². The maximum absolute atomic E-state index is 11.9. The van der Waals surface area contributed by atoms with E-state index in [0.717, 1.165) is 18.9 Å². The molecule has 0 aromatic heterocycles. The highest BCUT2D eigenvalue weighted by Crippen LogP contribution is 2.27. The molecule has 0 aliphatic rings. The van der Waals surface area contributed by atoms with Gasteiger partial charge in [-0.05, 0) is 31.0 Å². The molecule has 1 rings (SSSR count). The van der Waals surface area contributed by atoms with E-state index in [4.69, 9.17) is 0 Å². The second-order valence-electron chi connectivity index (χ2n) is 5.52. The lowest BCUT2D eigenvalue weighted by molar-refractivity contribution is 0.494. The summed E-state index contributed by atoms with van der Waals surface area (Å²) in [6.07, 6.45) is 3.10. The van der Waals surface area contributed by atoms with Crippen molar-refractivity contribution in [2.75, 3.05) is 17.8 Å². The van der Waals surface area contributed by atoms with Gasteiger partial charge < -0.3 is 5.32 Å². The number of hydrogen-bond donors (Lipinski definition) is 1. The maximum Gasteiger partial charge on any atom is 0.177 e. The molecule has 0 saturated heterocycles. The summed E-state index contributed by atoms with van der Waals surface area (Å²) in [5.41, 5.74) is 0.442. The molecule has 0 bridgehead atoms. The van der Waals surface area contributed by atoms with E-state index in [1.165, 1.54) is 18.2 Å². The van der Waals surface area contributed by atoms with Crippen LogP contribution in [0.1, 0.15) is 27.2 Å². The summed E-state index contributed by atoms with van der Waals surface area (Å²) in [7, 11) is -6.97. The molecule has 0 aliphatic carbocycles. The molecule has 0 spiro atoms. The molecule has 0 aliphatic heterocycles. The van der Waals surface area contributed by atoms with Crippen molar-refractivity contribution in [3.8, 4) is 0 Å². The van der Waals surface area contributed by atoms with Crippen LogP contribution in [0.25, 0.3) is 0 Å². The van der Waals surface area contributed by atoms with Crippen molar-refractivity contribution < 1.29 is 16.8 Å². The standard InChI is InChI=1S/C14H23NO4S2/c1-6-10(2)11(3)15-13-8-7-12(20(4,16)17)9-14(13)21(5,18)19/h7-11,15H,6H2,1-5H3. The van der Waals surface area contributed by atoms with E-state index in [1.54, 1.807) is 0 Å². The van der Waals surface area contributed by atoms with Crippen molar-refractivity contribution in [2.45, 2.75) is 43.0 Å². The van der Waals surface area contributed by atoms with Crippen LogP contribution in [0.2, 0.25) is 0 Å². The topological polar surface area (TPSA) is 80.3 Å². The van der Waals surface area contributed by atoms with Gasteiger partial charge in [0.25, 0.3) is 0 Å². The van der Waals surface area contributed by atoms with Crippen LogP contribution in [0.5, 0.6) is 0 Å². The summed E-state index contributed by atoms with van der Waals surface area (Å²) in [5.74, 6) is 0.368. The van der Waals surface area contributed by atoms with Crippen LogP contribution in [-0.4, -0.2) is 35.4 Å². The quantitative estimate of drug-likeness (QED) is 0.864. The average Bonchev–Trinajstić information content (AvgIpc) is 2.35. The largest absolute Gasteiger partial charge is 0.381 e. The van der Waals surface area contributed by atoms with Gasteiger partial charge in [0.05, 0.1) is 15.5 Å². The van der Waals surface area contributed by atoms with E-state index in [9.17, 15) is 16.8 Å². The molecule has 5 nitrogen and oxygen atoms in total. The van der Waals surface area contributed by atoms with Gasteiger partial charge >= 0.3 is 0 Å².